The van der Waals surface area contributed by atoms with Crippen LogP contribution < -0.4 is 19.5 Å². The molecule has 2 aromatic carbocycles. The molecule has 2 saturated heterocycles. The van der Waals surface area contributed by atoms with E-state index in [2.05, 4.69) is 5.32 Å². The van der Waals surface area contributed by atoms with E-state index in [1.165, 1.54) is 22.5 Å². The Labute approximate surface area is 283 Å². The zero-order chi connectivity index (χ0) is 35.2. The molecule has 0 aromatic heterocycles. The Bertz CT molecular complexity index is 1510. The van der Waals surface area contributed by atoms with Gasteiger partial charge in [0.1, 0.15) is 25.1 Å². The average molecular weight is 717 g/mol. The van der Waals surface area contributed by atoms with E-state index < -0.39 is 53.3 Å². The predicted molar refractivity (Wildman–Crippen MR) is 169 cm³/mol. The summed E-state index contributed by atoms with van der Waals surface area (Å²) in [6, 6.07) is 9.83. The first-order valence-corrected chi connectivity index (χ1v) is 17.8. The second kappa shape index (κ2) is 16.1. The van der Waals surface area contributed by atoms with Gasteiger partial charge in [0, 0.05) is 25.6 Å². The molecule has 0 unspecified atom stereocenters. The standard InChI is InChI=1S/C33H43F3N2O10S/c1-21(2)18-38(49(41,42)24-8-9-28-29(17-24)45-15-14-44-28)19-27(39)26(37-32(40)48-30-20-47-31-25(30)10-13-46-31)16-22-4-6-23(7-5-22)43-12-3-11-33(34,35)36/h4-9,17,21,25-27,30-31,39H,3,10-16,18-20H2,1-2H3,(H,37,40)/t25-,26-,27+,30-,31+/m0/s1. The van der Waals surface area contributed by atoms with Gasteiger partial charge in [-0.25, -0.2) is 13.2 Å². The Morgan fingerprint density at radius 1 is 1.04 bits per heavy atom. The van der Waals surface area contributed by atoms with E-state index in [0.29, 0.717) is 42.4 Å². The molecule has 0 saturated carbocycles. The molecule has 2 N–H and O–H groups in total. The van der Waals surface area contributed by atoms with Crippen LogP contribution in [0.4, 0.5) is 18.0 Å². The normalized spacial score (nSPS) is 21.8. The van der Waals surface area contributed by atoms with Crippen LogP contribution in [0.1, 0.15) is 38.7 Å². The molecule has 3 aliphatic rings. The monoisotopic (exact) mass is 716 g/mol. The maximum atomic E-state index is 13.9. The number of hydrogen-bond acceptors (Lipinski definition) is 10. The van der Waals surface area contributed by atoms with Crippen molar-refractivity contribution >= 4 is 16.1 Å². The third kappa shape index (κ3) is 10.1. The van der Waals surface area contributed by atoms with Gasteiger partial charge in [-0.05, 0) is 55.0 Å². The number of alkyl halides is 3. The molecule has 5 rings (SSSR count). The molecule has 12 nitrogen and oxygen atoms in total. The largest absolute Gasteiger partial charge is 0.494 e. The van der Waals surface area contributed by atoms with Crippen LogP contribution in [0.25, 0.3) is 0 Å². The summed E-state index contributed by atoms with van der Waals surface area (Å²) in [5.74, 6) is 0.875. The number of aliphatic hydroxyl groups is 1. The van der Waals surface area contributed by atoms with Crippen molar-refractivity contribution in [2.75, 3.05) is 46.1 Å². The minimum atomic E-state index is -4.26. The maximum Gasteiger partial charge on any atom is 0.407 e. The van der Waals surface area contributed by atoms with E-state index in [0.717, 1.165) is 0 Å². The number of nitrogens with zero attached hydrogens (tertiary/aromatic N) is 1. The molecule has 0 radical (unpaired) electrons. The number of nitrogens with one attached hydrogen (secondary N) is 1. The second-order valence-corrected chi connectivity index (χ2v) is 14.7. The molecule has 0 aliphatic carbocycles. The fourth-order valence-electron chi connectivity index (χ4n) is 5.94. The zero-order valence-corrected chi connectivity index (χ0v) is 28.2. The van der Waals surface area contributed by atoms with Gasteiger partial charge in [-0.15, -0.1) is 0 Å². The molecule has 49 heavy (non-hydrogen) atoms. The van der Waals surface area contributed by atoms with Crippen molar-refractivity contribution in [1.29, 1.82) is 0 Å². The van der Waals surface area contributed by atoms with Crippen molar-refractivity contribution in [1.82, 2.24) is 9.62 Å². The number of sulfonamides is 1. The first kappa shape index (κ1) is 37.0. The molecule has 1 amide bonds. The van der Waals surface area contributed by atoms with Crippen molar-refractivity contribution in [3.63, 3.8) is 0 Å². The third-order valence-electron chi connectivity index (χ3n) is 8.37. The highest BCUT2D eigenvalue weighted by molar-refractivity contribution is 7.89. The maximum absolute atomic E-state index is 13.9. The Morgan fingerprint density at radius 3 is 2.49 bits per heavy atom. The lowest BCUT2D eigenvalue weighted by Crippen LogP contribution is -2.51. The van der Waals surface area contributed by atoms with E-state index in [-0.39, 0.29) is 62.5 Å². The third-order valence-corrected chi connectivity index (χ3v) is 10.2. The van der Waals surface area contributed by atoms with Crippen LogP contribution in [0, 0.1) is 11.8 Å². The highest BCUT2D eigenvalue weighted by Gasteiger charge is 2.44. The minimum absolute atomic E-state index is 0.0334. The number of rotatable bonds is 15. The van der Waals surface area contributed by atoms with Crippen LogP contribution in [0.15, 0.2) is 47.4 Å². The van der Waals surface area contributed by atoms with E-state index in [1.54, 1.807) is 24.3 Å². The number of aliphatic hydroxyl groups excluding tert-OH is 1. The van der Waals surface area contributed by atoms with E-state index >= 15 is 0 Å². The molecule has 0 bridgehead atoms. The van der Waals surface area contributed by atoms with E-state index in [9.17, 15) is 31.5 Å². The van der Waals surface area contributed by atoms with Crippen molar-refractivity contribution < 1.29 is 59.9 Å². The molecule has 272 valence electrons. The topological polar surface area (TPSA) is 142 Å². The summed E-state index contributed by atoms with van der Waals surface area (Å²) in [6.45, 7) is 4.59. The molecule has 16 heteroatoms. The van der Waals surface area contributed by atoms with Crippen molar-refractivity contribution in [2.24, 2.45) is 11.8 Å². The molecule has 2 fully saturated rings. The fourth-order valence-corrected chi connectivity index (χ4v) is 7.58. The van der Waals surface area contributed by atoms with Gasteiger partial charge in [-0.2, -0.15) is 17.5 Å². The van der Waals surface area contributed by atoms with Crippen molar-refractivity contribution in [2.45, 2.75) is 75.1 Å². The Hall–Kier alpha value is -3.31. The Balaban J connectivity index is 1.31. The number of halogens is 3. The first-order valence-electron chi connectivity index (χ1n) is 16.3. The van der Waals surface area contributed by atoms with E-state index in [1.807, 2.05) is 13.8 Å². The predicted octanol–water partition coefficient (Wildman–Crippen LogP) is 4.29. The van der Waals surface area contributed by atoms with Gasteiger partial charge in [0.15, 0.2) is 17.8 Å². The molecular weight excluding hydrogens is 673 g/mol. The van der Waals surface area contributed by atoms with Gasteiger partial charge in [0.2, 0.25) is 10.0 Å². The molecule has 5 atom stereocenters. The molecule has 0 spiro atoms. The van der Waals surface area contributed by atoms with Crippen LogP contribution in [0.3, 0.4) is 0 Å². The lowest BCUT2D eigenvalue weighted by Gasteiger charge is -2.31. The SMILES string of the molecule is CC(C)CN(C[C@@H](O)[C@H](Cc1ccc(OCCCC(F)(F)F)cc1)NC(=O)O[C@H]1CO[C@H]2OCC[C@H]21)S(=O)(=O)c1ccc2c(c1)OCCO2. The summed E-state index contributed by atoms with van der Waals surface area (Å²) in [4.78, 5) is 13.2. The summed E-state index contributed by atoms with van der Waals surface area (Å²) >= 11 is 0. The van der Waals surface area contributed by atoms with Crippen LogP contribution in [-0.2, 0) is 30.7 Å². The van der Waals surface area contributed by atoms with Crippen LogP contribution in [0.2, 0.25) is 0 Å². The van der Waals surface area contributed by atoms with E-state index in [4.69, 9.17) is 28.4 Å². The van der Waals surface area contributed by atoms with Gasteiger partial charge in [-0.3, -0.25) is 0 Å². The lowest BCUT2D eigenvalue weighted by atomic mass is 10.0. The lowest BCUT2D eigenvalue weighted by molar-refractivity contribution is -0.136. The number of alkyl carbamates (subject to hydrolysis) is 1. The summed E-state index contributed by atoms with van der Waals surface area (Å²) in [7, 11) is -4.14. The molecule has 2 aromatic rings. The van der Waals surface area contributed by atoms with Crippen LogP contribution in [0.5, 0.6) is 17.2 Å². The highest BCUT2D eigenvalue weighted by Crippen LogP contribution is 2.34. The highest BCUT2D eigenvalue weighted by atomic mass is 32.2. The summed E-state index contributed by atoms with van der Waals surface area (Å²) < 4.78 is 99.7. The number of amides is 1. The van der Waals surface area contributed by atoms with Gasteiger partial charge >= 0.3 is 12.3 Å². The van der Waals surface area contributed by atoms with Gasteiger partial charge in [0.05, 0.1) is 42.8 Å². The number of carbonyl (C=O) groups excluding carboxylic acids is 1. The van der Waals surface area contributed by atoms with Gasteiger partial charge in [-0.1, -0.05) is 26.0 Å². The quantitative estimate of drug-likeness (QED) is 0.257. The number of ether oxygens (including phenoxy) is 6. The van der Waals surface area contributed by atoms with Gasteiger partial charge < -0.3 is 38.8 Å². The molecule has 3 aliphatic heterocycles. The minimum Gasteiger partial charge on any atom is -0.494 e. The van der Waals surface area contributed by atoms with Crippen molar-refractivity contribution in [3.05, 3.63) is 48.0 Å². The molecule has 3 heterocycles. The summed E-state index contributed by atoms with van der Waals surface area (Å²) in [5.41, 5.74) is 0.644. The summed E-state index contributed by atoms with van der Waals surface area (Å²) in [6.07, 6.45) is -7.85. The zero-order valence-electron chi connectivity index (χ0n) is 27.4. The fraction of sp³-hybridized carbons (Fsp3) is 0.606. The summed E-state index contributed by atoms with van der Waals surface area (Å²) in [5, 5.41) is 14.3. The van der Waals surface area contributed by atoms with Gasteiger partial charge in [0.25, 0.3) is 0 Å². The average Bonchev–Trinajstić information content (AvgIpc) is 3.67. The Kier molecular flexibility index (Phi) is 12.2. The van der Waals surface area contributed by atoms with Crippen LogP contribution >= 0.6 is 0 Å². The number of benzene rings is 2. The second-order valence-electron chi connectivity index (χ2n) is 12.7. The smallest absolute Gasteiger partial charge is 0.407 e. The number of carbonyl (C=O) groups is 1. The van der Waals surface area contributed by atoms with Crippen molar-refractivity contribution in [3.8, 4) is 17.2 Å². The Morgan fingerprint density at radius 2 is 1.78 bits per heavy atom. The number of hydrogen-bond donors (Lipinski definition) is 2. The van der Waals surface area contributed by atoms with Crippen LogP contribution in [-0.4, -0.2) is 101 Å². The first-order chi connectivity index (χ1) is 23.3. The molecular formula is C33H43F3N2O10S. The number of fused-ring (bicyclic) bond motifs is 2.